The number of thioether (sulfide) groups is 1. The molecule has 5 N–H and O–H groups in total. The fourth-order valence-corrected chi connectivity index (χ4v) is 3.53. The zero-order chi connectivity index (χ0) is 15.4. The van der Waals surface area contributed by atoms with Gasteiger partial charge >= 0.3 is 0 Å². The summed E-state index contributed by atoms with van der Waals surface area (Å²) in [5.74, 6) is 5.51. The molecule has 7 heteroatoms. The summed E-state index contributed by atoms with van der Waals surface area (Å²) in [5, 5.41) is 0.621. The molecule has 0 spiro atoms. The van der Waals surface area contributed by atoms with Crippen LogP contribution < -0.4 is 17.0 Å². The van der Waals surface area contributed by atoms with Crippen molar-refractivity contribution >= 4 is 50.9 Å². The highest BCUT2D eigenvalue weighted by atomic mass is 79.9. The van der Waals surface area contributed by atoms with Crippen molar-refractivity contribution in [1.82, 2.24) is 5.43 Å². The number of hydrogen-bond acceptors (Lipinski definition) is 4. The van der Waals surface area contributed by atoms with Crippen molar-refractivity contribution in [2.24, 2.45) is 5.84 Å². The van der Waals surface area contributed by atoms with Crippen molar-refractivity contribution in [1.29, 1.82) is 0 Å². The number of carbonyl (C=O) groups is 1. The molecule has 0 bridgehead atoms. The fourth-order valence-electron chi connectivity index (χ4n) is 1.70. The highest BCUT2D eigenvalue weighted by molar-refractivity contribution is 9.10. The first-order valence-corrected chi connectivity index (χ1v) is 8.14. The average molecular weight is 387 g/mol. The molecule has 1 amide bonds. The number of nitrogen functional groups attached to an aromatic ring is 2. The third-order valence-corrected chi connectivity index (χ3v) is 4.91. The van der Waals surface area contributed by atoms with E-state index in [9.17, 15) is 4.79 Å². The van der Waals surface area contributed by atoms with E-state index in [1.54, 1.807) is 30.0 Å². The number of nitrogens with two attached hydrogens (primary N) is 2. The molecule has 0 heterocycles. The summed E-state index contributed by atoms with van der Waals surface area (Å²) in [6.45, 7) is 0. The van der Waals surface area contributed by atoms with Gasteiger partial charge in [-0.15, -0.1) is 11.8 Å². The van der Waals surface area contributed by atoms with Gasteiger partial charge in [-0.3, -0.25) is 10.2 Å². The predicted molar refractivity (Wildman–Crippen MR) is 91.2 cm³/mol. The van der Waals surface area contributed by atoms with Crippen LogP contribution >= 0.6 is 39.3 Å². The second kappa shape index (κ2) is 7.17. The Hall–Kier alpha value is -1.21. The van der Waals surface area contributed by atoms with E-state index in [-0.39, 0.29) is 5.91 Å². The summed E-state index contributed by atoms with van der Waals surface area (Å²) in [5.41, 5.74) is 10.2. The Morgan fingerprint density at radius 2 is 2.05 bits per heavy atom. The average Bonchev–Trinajstić information content (AvgIpc) is 2.46. The van der Waals surface area contributed by atoms with Crippen molar-refractivity contribution in [3.05, 3.63) is 57.0 Å². The summed E-state index contributed by atoms with van der Waals surface area (Å²) in [4.78, 5) is 12.4. The molecule has 0 aliphatic heterocycles. The molecule has 0 aromatic heterocycles. The molecule has 2 aromatic rings. The highest BCUT2D eigenvalue weighted by Crippen LogP contribution is 2.32. The maximum absolute atomic E-state index is 11.4. The van der Waals surface area contributed by atoms with Gasteiger partial charge in [0.15, 0.2) is 0 Å². The maximum Gasteiger partial charge on any atom is 0.265 e. The van der Waals surface area contributed by atoms with Crippen LogP contribution in [-0.4, -0.2) is 5.91 Å². The first-order valence-electron chi connectivity index (χ1n) is 5.98. The van der Waals surface area contributed by atoms with Gasteiger partial charge in [0, 0.05) is 31.4 Å². The molecule has 4 nitrogen and oxygen atoms in total. The van der Waals surface area contributed by atoms with Crippen molar-refractivity contribution < 1.29 is 4.79 Å². The number of amides is 1. The lowest BCUT2D eigenvalue weighted by Crippen LogP contribution is -2.29. The van der Waals surface area contributed by atoms with E-state index in [1.165, 1.54) is 0 Å². The SMILES string of the molecule is NNC(=O)c1ccc(CSc2ccc(Cl)cc2N)c(Br)c1. The Labute approximate surface area is 140 Å². The largest absolute Gasteiger partial charge is 0.398 e. The van der Waals surface area contributed by atoms with Gasteiger partial charge in [-0.2, -0.15) is 0 Å². The van der Waals surface area contributed by atoms with Gasteiger partial charge in [-0.05, 0) is 35.9 Å². The van der Waals surface area contributed by atoms with Gasteiger partial charge in [0.05, 0.1) is 0 Å². The van der Waals surface area contributed by atoms with E-state index < -0.39 is 0 Å². The molecule has 0 aliphatic carbocycles. The molecule has 21 heavy (non-hydrogen) atoms. The number of halogens is 2. The molecule has 2 aromatic carbocycles. The van der Waals surface area contributed by atoms with Gasteiger partial charge in [-0.25, -0.2) is 5.84 Å². The maximum atomic E-state index is 11.4. The Morgan fingerprint density at radius 3 is 2.67 bits per heavy atom. The van der Waals surface area contributed by atoms with Crippen molar-refractivity contribution in [2.45, 2.75) is 10.6 Å². The predicted octanol–water partition coefficient (Wildman–Crippen LogP) is 3.58. The lowest BCUT2D eigenvalue weighted by Gasteiger charge is -2.08. The number of rotatable bonds is 4. The number of benzene rings is 2. The second-order valence-corrected chi connectivity index (χ2v) is 6.56. The van der Waals surface area contributed by atoms with E-state index in [0.717, 1.165) is 20.7 Å². The van der Waals surface area contributed by atoms with Crippen LogP contribution in [0.2, 0.25) is 5.02 Å². The smallest absolute Gasteiger partial charge is 0.265 e. The van der Waals surface area contributed by atoms with Crippen LogP contribution in [0.5, 0.6) is 0 Å². The van der Waals surface area contributed by atoms with Crippen LogP contribution in [0, 0.1) is 0 Å². The molecular formula is C14H13BrClN3OS. The molecule has 0 aliphatic rings. The van der Waals surface area contributed by atoms with Crippen LogP contribution in [0.15, 0.2) is 45.8 Å². The first kappa shape index (κ1) is 16.2. The lowest BCUT2D eigenvalue weighted by atomic mass is 10.1. The molecule has 2 rings (SSSR count). The van der Waals surface area contributed by atoms with Gasteiger partial charge in [0.1, 0.15) is 0 Å². The minimum atomic E-state index is -0.322. The minimum absolute atomic E-state index is 0.322. The molecule has 0 atom stereocenters. The summed E-state index contributed by atoms with van der Waals surface area (Å²) < 4.78 is 0.851. The molecule has 0 unspecified atom stereocenters. The zero-order valence-electron chi connectivity index (χ0n) is 10.9. The van der Waals surface area contributed by atoms with Crippen molar-refractivity contribution in [3.63, 3.8) is 0 Å². The second-order valence-electron chi connectivity index (χ2n) is 4.25. The van der Waals surface area contributed by atoms with Crippen molar-refractivity contribution in [3.8, 4) is 0 Å². The number of anilines is 1. The number of nitrogens with one attached hydrogen (secondary N) is 1. The zero-order valence-corrected chi connectivity index (χ0v) is 14.1. The number of carbonyl (C=O) groups excluding carboxylic acids is 1. The quantitative estimate of drug-likeness (QED) is 0.247. The van der Waals surface area contributed by atoms with Crippen LogP contribution in [0.4, 0.5) is 5.69 Å². The molecule has 0 saturated heterocycles. The summed E-state index contributed by atoms with van der Waals surface area (Å²) in [6, 6.07) is 10.8. The third-order valence-electron chi connectivity index (χ3n) is 2.80. The van der Waals surface area contributed by atoms with Crippen LogP contribution in [-0.2, 0) is 5.75 Å². The van der Waals surface area contributed by atoms with Crippen LogP contribution in [0.3, 0.4) is 0 Å². The van der Waals surface area contributed by atoms with E-state index >= 15 is 0 Å². The lowest BCUT2D eigenvalue weighted by molar-refractivity contribution is 0.0953. The Bertz CT molecular complexity index is 681. The van der Waals surface area contributed by atoms with E-state index in [2.05, 4.69) is 21.4 Å². The first-order chi connectivity index (χ1) is 10.0. The van der Waals surface area contributed by atoms with E-state index in [4.69, 9.17) is 23.2 Å². The molecule has 110 valence electrons. The molecule has 0 fully saturated rings. The Kier molecular flexibility index (Phi) is 5.52. The minimum Gasteiger partial charge on any atom is -0.398 e. The highest BCUT2D eigenvalue weighted by Gasteiger charge is 2.08. The van der Waals surface area contributed by atoms with Crippen LogP contribution in [0.1, 0.15) is 15.9 Å². The van der Waals surface area contributed by atoms with Gasteiger partial charge in [0.2, 0.25) is 0 Å². The van der Waals surface area contributed by atoms with Crippen molar-refractivity contribution in [2.75, 3.05) is 5.73 Å². The Balaban J connectivity index is 2.11. The van der Waals surface area contributed by atoms with E-state index in [0.29, 0.717) is 16.3 Å². The standard InChI is InChI=1S/C14H13BrClN3OS/c15-11-5-8(14(20)19-18)1-2-9(11)7-21-13-4-3-10(16)6-12(13)17/h1-6H,7,17-18H2,(H,19,20). The number of hydrogen-bond donors (Lipinski definition) is 3. The fraction of sp³-hybridized carbons (Fsp3) is 0.0714. The van der Waals surface area contributed by atoms with Gasteiger partial charge in [-0.1, -0.05) is 33.6 Å². The molecule has 0 radical (unpaired) electrons. The number of hydrazine groups is 1. The third kappa shape index (κ3) is 4.14. The summed E-state index contributed by atoms with van der Waals surface area (Å²) in [6.07, 6.45) is 0. The summed E-state index contributed by atoms with van der Waals surface area (Å²) >= 11 is 10.9. The monoisotopic (exact) mass is 385 g/mol. The van der Waals surface area contributed by atoms with E-state index in [1.807, 2.05) is 18.2 Å². The van der Waals surface area contributed by atoms with Gasteiger partial charge in [0.25, 0.3) is 5.91 Å². The Morgan fingerprint density at radius 1 is 1.29 bits per heavy atom. The molecular weight excluding hydrogens is 374 g/mol. The summed E-state index contributed by atoms with van der Waals surface area (Å²) in [7, 11) is 0. The molecule has 0 saturated carbocycles. The van der Waals surface area contributed by atoms with Crippen LogP contribution in [0.25, 0.3) is 0 Å². The topological polar surface area (TPSA) is 81.1 Å². The normalized spacial score (nSPS) is 10.4. The van der Waals surface area contributed by atoms with Gasteiger partial charge < -0.3 is 5.73 Å².